The summed E-state index contributed by atoms with van der Waals surface area (Å²) in [5, 5.41) is 2.16. The normalized spacial score (nSPS) is 11.6. The van der Waals surface area contributed by atoms with Crippen LogP contribution in [0.3, 0.4) is 0 Å². The van der Waals surface area contributed by atoms with Crippen molar-refractivity contribution >= 4 is 27.7 Å². The van der Waals surface area contributed by atoms with Crippen LogP contribution in [0.15, 0.2) is 30.6 Å². The van der Waals surface area contributed by atoms with Crippen LogP contribution >= 0.6 is 0 Å². The van der Waals surface area contributed by atoms with Crippen LogP contribution < -0.4 is 0 Å². The molecule has 0 atom stereocenters. The average molecular weight is 267 g/mol. The van der Waals surface area contributed by atoms with Crippen LogP contribution in [-0.2, 0) is 11.2 Å². The summed E-state index contributed by atoms with van der Waals surface area (Å²) in [7, 11) is 0. The van der Waals surface area contributed by atoms with Gasteiger partial charge in [-0.15, -0.1) is 0 Å². The number of pyridine rings is 2. The molecule has 20 heavy (non-hydrogen) atoms. The number of hydrogen-bond acceptors (Lipinski definition) is 3. The SMILES string of the molecule is CC(C)C(=O)CCc1ccc2c(n1)[nH]c1ccncc12. The van der Waals surface area contributed by atoms with Crippen molar-refractivity contribution in [2.75, 3.05) is 0 Å². The minimum absolute atomic E-state index is 0.0953. The van der Waals surface area contributed by atoms with Crippen LogP contribution in [0.25, 0.3) is 21.9 Å². The van der Waals surface area contributed by atoms with Crippen molar-refractivity contribution in [3.8, 4) is 0 Å². The number of aromatic amines is 1. The lowest BCUT2D eigenvalue weighted by atomic mass is 10.0. The molecule has 3 aromatic rings. The molecule has 4 heteroatoms. The van der Waals surface area contributed by atoms with E-state index in [1.165, 1.54) is 0 Å². The van der Waals surface area contributed by atoms with Crippen LogP contribution in [-0.4, -0.2) is 20.7 Å². The Labute approximate surface area is 117 Å². The first kappa shape index (κ1) is 12.8. The molecule has 0 unspecified atom stereocenters. The monoisotopic (exact) mass is 267 g/mol. The third kappa shape index (κ3) is 2.29. The van der Waals surface area contributed by atoms with E-state index in [0.29, 0.717) is 12.8 Å². The zero-order chi connectivity index (χ0) is 14.1. The van der Waals surface area contributed by atoms with Gasteiger partial charge in [-0.05, 0) is 24.6 Å². The molecule has 0 saturated heterocycles. The number of aromatic nitrogens is 3. The molecule has 0 aromatic carbocycles. The van der Waals surface area contributed by atoms with Crippen LogP contribution in [0.1, 0.15) is 26.0 Å². The fourth-order valence-corrected chi connectivity index (χ4v) is 2.34. The maximum atomic E-state index is 11.7. The zero-order valence-electron chi connectivity index (χ0n) is 11.7. The number of fused-ring (bicyclic) bond motifs is 3. The van der Waals surface area contributed by atoms with Crippen molar-refractivity contribution in [2.24, 2.45) is 5.92 Å². The molecule has 0 aliphatic rings. The highest BCUT2D eigenvalue weighted by Crippen LogP contribution is 2.23. The van der Waals surface area contributed by atoms with Gasteiger partial charge in [0.15, 0.2) is 0 Å². The number of hydrogen-bond donors (Lipinski definition) is 1. The highest BCUT2D eigenvalue weighted by molar-refractivity contribution is 6.05. The lowest BCUT2D eigenvalue weighted by Crippen LogP contribution is -2.08. The molecular weight excluding hydrogens is 250 g/mol. The lowest BCUT2D eigenvalue weighted by molar-refractivity contribution is -0.121. The summed E-state index contributed by atoms with van der Waals surface area (Å²) in [6, 6.07) is 5.99. The summed E-state index contributed by atoms with van der Waals surface area (Å²) in [5.41, 5.74) is 2.85. The van der Waals surface area contributed by atoms with Gasteiger partial charge in [0.05, 0.1) is 5.52 Å². The van der Waals surface area contributed by atoms with E-state index in [0.717, 1.165) is 27.6 Å². The Morgan fingerprint density at radius 2 is 2.10 bits per heavy atom. The van der Waals surface area contributed by atoms with Crippen molar-refractivity contribution in [1.82, 2.24) is 15.0 Å². The topological polar surface area (TPSA) is 58.6 Å². The van der Waals surface area contributed by atoms with Gasteiger partial charge < -0.3 is 4.98 Å². The first-order chi connectivity index (χ1) is 9.65. The number of carbonyl (C=O) groups is 1. The van der Waals surface area contributed by atoms with Gasteiger partial charge in [0, 0.05) is 41.2 Å². The van der Waals surface area contributed by atoms with Crippen LogP contribution in [0, 0.1) is 5.92 Å². The molecular formula is C16H17N3O. The third-order valence-corrected chi connectivity index (χ3v) is 3.59. The van der Waals surface area contributed by atoms with E-state index in [-0.39, 0.29) is 11.7 Å². The molecule has 0 saturated carbocycles. The Balaban J connectivity index is 1.91. The fourth-order valence-electron chi connectivity index (χ4n) is 2.34. The van der Waals surface area contributed by atoms with E-state index in [1.54, 1.807) is 6.20 Å². The van der Waals surface area contributed by atoms with E-state index in [2.05, 4.69) is 21.0 Å². The predicted octanol–water partition coefficient (Wildman–Crippen LogP) is 3.27. The molecule has 0 fully saturated rings. The second kappa shape index (κ2) is 5.04. The summed E-state index contributed by atoms with van der Waals surface area (Å²) in [6.45, 7) is 3.87. The van der Waals surface area contributed by atoms with E-state index in [9.17, 15) is 4.79 Å². The molecule has 3 aromatic heterocycles. The number of H-pyrrole nitrogens is 1. The first-order valence-corrected chi connectivity index (χ1v) is 6.89. The van der Waals surface area contributed by atoms with Gasteiger partial charge in [0.2, 0.25) is 0 Å². The maximum Gasteiger partial charge on any atom is 0.138 e. The number of rotatable bonds is 4. The molecule has 0 aliphatic carbocycles. The molecule has 0 spiro atoms. The Bertz CT molecular complexity index is 774. The number of nitrogens with one attached hydrogen (secondary N) is 1. The van der Waals surface area contributed by atoms with Crippen molar-refractivity contribution in [3.05, 3.63) is 36.3 Å². The van der Waals surface area contributed by atoms with Crippen molar-refractivity contribution in [1.29, 1.82) is 0 Å². The second-order valence-electron chi connectivity index (χ2n) is 5.37. The minimum atomic E-state index is 0.0953. The third-order valence-electron chi connectivity index (χ3n) is 3.59. The summed E-state index contributed by atoms with van der Waals surface area (Å²) in [6.07, 6.45) is 4.86. The van der Waals surface area contributed by atoms with Crippen molar-refractivity contribution < 1.29 is 4.79 Å². The molecule has 1 N–H and O–H groups in total. The van der Waals surface area contributed by atoms with E-state index in [1.807, 2.05) is 32.2 Å². The smallest absolute Gasteiger partial charge is 0.138 e. The van der Waals surface area contributed by atoms with Crippen LogP contribution in [0.2, 0.25) is 0 Å². The summed E-state index contributed by atoms with van der Waals surface area (Å²) in [4.78, 5) is 23.7. The Morgan fingerprint density at radius 1 is 1.25 bits per heavy atom. The molecule has 0 amide bonds. The predicted molar refractivity (Wildman–Crippen MR) is 79.6 cm³/mol. The number of Topliss-reactive ketones (excluding diaryl/α,β-unsaturated/α-hetero) is 1. The van der Waals surface area contributed by atoms with Crippen molar-refractivity contribution in [2.45, 2.75) is 26.7 Å². The fraction of sp³-hybridized carbons (Fsp3) is 0.312. The summed E-state index contributed by atoms with van der Waals surface area (Å²) in [5.74, 6) is 0.380. The van der Waals surface area contributed by atoms with Crippen LogP contribution in [0.5, 0.6) is 0 Å². The van der Waals surface area contributed by atoms with Gasteiger partial charge in [-0.25, -0.2) is 4.98 Å². The molecule has 0 radical (unpaired) electrons. The second-order valence-corrected chi connectivity index (χ2v) is 5.37. The number of carbonyl (C=O) groups excluding carboxylic acids is 1. The van der Waals surface area contributed by atoms with Gasteiger partial charge >= 0.3 is 0 Å². The van der Waals surface area contributed by atoms with E-state index >= 15 is 0 Å². The van der Waals surface area contributed by atoms with Gasteiger partial charge in [-0.2, -0.15) is 0 Å². The van der Waals surface area contributed by atoms with Gasteiger partial charge in [-0.3, -0.25) is 9.78 Å². The molecule has 3 rings (SSSR count). The summed E-state index contributed by atoms with van der Waals surface area (Å²) < 4.78 is 0. The Morgan fingerprint density at radius 3 is 2.90 bits per heavy atom. The first-order valence-electron chi connectivity index (χ1n) is 6.89. The van der Waals surface area contributed by atoms with Crippen LogP contribution in [0.4, 0.5) is 0 Å². The zero-order valence-corrected chi connectivity index (χ0v) is 11.7. The highest BCUT2D eigenvalue weighted by Gasteiger charge is 2.09. The highest BCUT2D eigenvalue weighted by atomic mass is 16.1. The maximum absolute atomic E-state index is 11.7. The minimum Gasteiger partial charge on any atom is -0.339 e. The number of ketones is 1. The number of aryl methyl sites for hydroxylation is 1. The molecule has 4 nitrogen and oxygen atoms in total. The van der Waals surface area contributed by atoms with Crippen molar-refractivity contribution in [3.63, 3.8) is 0 Å². The number of nitrogens with zero attached hydrogens (tertiary/aromatic N) is 2. The summed E-state index contributed by atoms with van der Waals surface area (Å²) >= 11 is 0. The van der Waals surface area contributed by atoms with Gasteiger partial charge in [0.25, 0.3) is 0 Å². The quantitative estimate of drug-likeness (QED) is 0.789. The Hall–Kier alpha value is -2.23. The average Bonchev–Trinajstić information content (AvgIpc) is 2.82. The van der Waals surface area contributed by atoms with Gasteiger partial charge in [0.1, 0.15) is 11.4 Å². The standard InChI is InChI=1S/C16H17N3O/c1-10(2)15(20)6-4-11-3-5-12-13-9-17-8-7-14(13)19-16(12)18-11/h3,5,7-10H,4,6H2,1-2H3,(H,18,19). The van der Waals surface area contributed by atoms with E-state index in [4.69, 9.17) is 0 Å². The van der Waals surface area contributed by atoms with Gasteiger partial charge in [-0.1, -0.05) is 13.8 Å². The Kier molecular flexibility index (Phi) is 3.22. The molecule has 102 valence electrons. The molecule has 0 aliphatic heterocycles. The molecule has 3 heterocycles. The lowest BCUT2D eigenvalue weighted by Gasteiger charge is -2.03. The van der Waals surface area contributed by atoms with E-state index < -0.39 is 0 Å². The largest absolute Gasteiger partial charge is 0.339 e. The molecule has 0 bridgehead atoms.